The number of nitrogens with one attached hydrogen (secondary N) is 1. The zero-order chi connectivity index (χ0) is 13.0. The number of benzene rings is 1. The summed E-state index contributed by atoms with van der Waals surface area (Å²) in [7, 11) is 4.21. The zero-order valence-corrected chi connectivity index (χ0v) is 12.7. The Labute approximate surface area is 119 Å². The Morgan fingerprint density at radius 1 is 1.39 bits per heavy atom. The van der Waals surface area contributed by atoms with E-state index in [0.29, 0.717) is 0 Å². The van der Waals surface area contributed by atoms with Crippen LogP contribution >= 0.6 is 23.4 Å². The number of thioether (sulfide) groups is 1. The molecule has 1 aromatic rings. The van der Waals surface area contributed by atoms with Gasteiger partial charge in [0.05, 0.1) is 0 Å². The first-order valence-corrected chi connectivity index (χ1v) is 7.81. The van der Waals surface area contributed by atoms with E-state index in [1.807, 2.05) is 23.9 Å². The number of hydrogen-bond donors (Lipinski definition) is 1. The maximum Gasteiger partial charge on any atom is 0.0462 e. The van der Waals surface area contributed by atoms with Crippen LogP contribution in [0, 0.1) is 0 Å². The van der Waals surface area contributed by atoms with Gasteiger partial charge in [0.1, 0.15) is 0 Å². The van der Waals surface area contributed by atoms with Crippen LogP contribution in [0.3, 0.4) is 0 Å². The molecule has 0 bridgehead atoms. The highest BCUT2D eigenvalue weighted by atomic mass is 35.5. The lowest BCUT2D eigenvalue weighted by Crippen LogP contribution is -2.17. The molecule has 100 valence electrons. The minimum Gasteiger partial charge on any atom is -0.310 e. The summed E-state index contributed by atoms with van der Waals surface area (Å²) >= 11 is 8.21. The quantitative estimate of drug-likeness (QED) is 0.774. The smallest absolute Gasteiger partial charge is 0.0462 e. The molecule has 1 fully saturated rings. The van der Waals surface area contributed by atoms with Crippen LogP contribution in [0.1, 0.15) is 18.4 Å². The Hall–Kier alpha value is -0.220. The Morgan fingerprint density at radius 2 is 2.17 bits per heavy atom. The first kappa shape index (κ1) is 14.2. The van der Waals surface area contributed by atoms with Crippen LogP contribution in [-0.2, 0) is 6.54 Å². The Morgan fingerprint density at radius 3 is 2.83 bits per heavy atom. The Balaban J connectivity index is 1.95. The van der Waals surface area contributed by atoms with E-state index in [1.54, 1.807) is 0 Å². The van der Waals surface area contributed by atoms with Gasteiger partial charge in [0.15, 0.2) is 0 Å². The molecule has 1 N–H and O–H groups in total. The van der Waals surface area contributed by atoms with E-state index in [0.717, 1.165) is 29.9 Å². The summed E-state index contributed by atoms with van der Waals surface area (Å²) in [6, 6.07) is 6.93. The number of hydrogen-bond acceptors (Lipinski definition) is 3. The zero-order valence-electron chi connectivity index (χ0n) is 11.1. The van der Waals surface area contributed by atoms with Gasteiger partial charge in [0, 0.05) is 34.8 Å². The van der Waals surface area contributed by atoms with Crippen molar-refractivity contribution in [3.63, 3.8) is 0 Å². The molecule has 0 aliphatic heterocycles. The van der Waals surface area contributed by atoms with E-state index < -0.39 is 0 Å². The van der Waals surface area contributed by atoms with Gasteiger partial charge < -0.3 is 10.2 Å². The molecule has 0 spiro atoms. The lowest BCUT2D eigenvalue weighted by Gasteiger charge is -2.13. The lowest BCUT2D eigenvalue weighted by molar-refractivity contribution is 0.437. The fraction of sp³-hybridized carbons (Fsp3) is 0.571. The normalized spacial score (nSPS) is 15.3. The average molecular weight is 285 g/mol. The highest BCUT2D eigenvalue weighted by molar-refractivity contribution is 7.99. The fourth-order valence-corrected chi connectivity index (χ4v) is 3.22. The summed E-state index contributed by atoms with van der Waals surface area (Å²) in [5, 5.41) is 4.43. The molecule has 0 saturated heterocycles. The van der Waals surface area contributed by atoms with Gasteiger partial charge in [0.25, 0.3) is 0 Å². The van der Waals surface area contributed by atoms with E-state index in [-0.39, 0.29) is 0 Å². The third kappa shape index (κ3) is 4.47. The number of rotatable bonds is 7. The monoisotopic (exact) mass is 284 g/mol. The highest BCUT2D eigenvalue weighted by Gasteiger charge is 2.21. The largest absolute Gasteiger partial charge is 0.310 e. The van der Waals surface area contributed by atoms with Gasteiger partial charge in [-0.05, 0) is 44.6 Å². The van der Waals surface area contributed by atoms with E-state index in [1.165, 1.54) is 23.3 Å². The molecule has 1 aliphatic rings. The summed E-state index contributed by atoms with van der Waals surface area (Å²) in [6.07, 6.45) is 2.63. The molecule has 0 radical (unpaired) electrons. The number of halogens is 1. The van der Waals surface area contributed by atoms with Crippen LogP contribution in [0.4, 0.5) is 0 Å². The average Bonchev–Trinajstić information content (AvgIpc) is 3.11. The van der Waals surface area contributed by atoms with Crippen LogP contribution < -0.4 is 5.32 Å². The minimum atomic E-state index is 0.723. The molecule has 2 rings (SSSR count). The summed E-state index contributed by atoms with van der Waals surface area (Å²) < 4.78 is 0. The van der Waals surface area contributed by atoms with Crippen LogP contribution in [0.5, 0.6) is 0 Å². The van der Waals surface area contributed by atoms with E-state index in [2.05, 4.69) is 30.4 Å². The number of nitrogens with zero attached hydrogens (tertiary/aromatic N) is 1. The summed E-state index contributed by atoms with van der Waals surface area (Å²) in [5.74, 6) is 1.10. The van der Waals surface area contributed by atoms with Crippen molar-refractivity contribution in [1.29, 1.82) is 0 Å². The second-order valence-corrected chi connectivity index (χ2v) is 6.57. The molecular weight excluding hydrogens is 264 g/mol. The lowest BCUT2D eigenvalue weighted by atomic mass is 10.2. The molecule has 0 heterocycles. The molecule has 2 nitrogen and oxygen atoms in total. The van der Waals surface area contributed by atoms with Gasteiger partial charge in [-0.1, -0.05) is 17.7 Å². The highest BCUT2D eigenvalue weighted by Crippen LogP contribution is 2.29. The van der Waals surface area contributed by atoms with Crippen LogP contribution in [-0.4, -0.2) is 37.3 Å². The first-order chi connectivity index (χ1) is 8.66. The molecule has 0 aromatic heterocycles. The second kappa shape index (κ2) is 6.80. The van der Waals surface area contributed by atoms with Gasteiger partial charge in [-0.25, -0.2) is 0 Å². The molecule has 1 aromatic carbocycles. The van der Waals surface area contributed by atoms with Crippen LogP contribution in [0.15, 0.2) is 23.1 Å². The van der Waals surface area contributed by atoms with Crippen molar-refractivity contribution in [3.05, 3.63) is 28.8 Å². The van der Waals surface area contributed by atoms with Gasteiger partial charge in [-0.15, -0.1) is 11.8 Å². The summed E-state index contributed by atoms with van der Waals surface area (Å²) in [4.78, 5) is 3.53. The Bertz CT molecular complexity index is 391. The first-order valence-electron chi connectivity index (χ1n) is 6.45. The molecule has 4 heteroatoms. The van der Waals surface area contributed by atoms with Gasteiger partial charge in [0.2, 0.25) is 0 Å². The molecule has 18 heavy (non-hydrogen) atoms. The minimum absolute atomic E-state index is 0.723. The van der Waals surface area contributed by atoms with Crippen molar-refractivity contribution in [2.24, 2.45) is 0 Å². The van der Waals surface area contributed by atoms with Crippen molar-refractivity contribution in [1.82, 2.24) is 10.2 Å². The molecule has 0 unspecified atom stereocenters. The third-order valence-corrected chi connectivity index (χ3v) is 4.45. The molecule has 0 atom stereocenters. The topological polar surface area (TPSA) is 15.3 Å². The van der Waals surface area contributed by atoms with E-state index in [9.17, 15) is 0 Å². The Kier molecular flexibility index (Phi) is 5.37. The second-order valence-electron chi connectivity index (χ2n) is 5.02. The van der Waals surface area contributed by atoms with Crippen molar-refractivity contribution in [2.45, 2.75) is 30.3 Å². The van der Waals surface area contributed by atoms with Gasteiger partial charge >= 0.3 is 0 Å². The standard InChI is InChI=1S/C14H21ClN2S/c1-17(2)8-9-18-14-5-3-4-13(15)12(14)10-16-11-6-7-11/h3-5,11,16H,6-10H2,1-2H3. The maximum atomic E-state index is 6.31. The molecule has 1 saturated carbocycles. The fourth-order valence-electron chi connectivity index (χ4n) is 1.72. The SMILES string of the molecule is CN(C)CCSc1cccc(Cl)c1CNC1CC1. The van der Waals surface area contributed by atoms with Crippen molar-refractivity contribution < 1.29 is 0 Å². The molecule has 0 amide bonds. The van der Waals surface area contributed by atoms with E-state index in [4.69, 9.17) is 11.6 Å². The van der Waals surface area contributed by atoms with Gasteiger partial charge in [-0.3, -0.25) is 0 Å². The maximum absolute atomic E-state index is 6.31. The van der Waals surface area contributed by atoms with Crippen LogP contribution in [0.2, 0.25) is 5.02 Å². The van der Waals surface area contributed by atoms with Crippen molar-refractivity contribution >= 4 is 23.4 Å². The molecule has 1 aliphatic carbocycles. The predicted molar refractivity (Wildman–Crippen MR) is 80.6 cm³/mol. The third-order valence-electron chi connectivity index (χ3n) is 3.02. The summed E-state index contributed by atoms with van der Waals surface area (Å²) in [5.41, 5.74) is 1.26. The van der Waals surface area contributed by atoms with Crippen LogP contribution in [0.25, 0.3) is 0 Å². The summed E-state index contributed by atoms with van der Waals surface area (Å²) in [6.45, 7) is 1.99. The predicted octanol–water partition coefficient (Wildman–Crippen LogP) is 3.25. The van der Waals surface area contributed by atoms with Gasteiger partial charge in [-0.2, -0.15) is 0 Å². The van der Waals surface area contributed by atoms with Crippen molar-refractivity contribution in [2.75, 3.05) is 26.4 Å². The molecular formula is C14H21ClN2S. The van der Waals surface area contributed by atoms with E-state index >= 15 is 0 Å². The van der Waals surface area contributed by atoms with Crippen molar-refractivity contribution in [3.8, 4) is 0 Å².